The fourth-order valence-corrected chi connectivity index (χ4v) is 18.0. The molecular weight excluding hydrogens is 1040 g/mol. The third kappa shape index (κ3) is 6.06. The molecule has 72 heavy (non-hydrogen) atoms. The Morgan fingerprint density at radius 2 is 0.847 bits per heavy atom. The second kappa shape index (κ2) is 14.6. The Morgan fingerprint density at radius 3 is 1.40 bits per heavy atom. The van der Waals surface area contributed by atoms with E-state index >= 15 is 0 Å². The first-order valence-corrected chi connectivity index (χ1v) is 31.0. The molecule has 0 radical (unpaired) electrons. The zero-order valence-electron chi connectivity index (χ0n) is 37.1. The monoisotopic (exact) mass is 1070 g/mol. The summed E-state index contributed by atoms with van der Waals surface area (Å²) in [6.45, 7) is 2.02. The summed E-state index contributed by atoms with van der Waals surface area (Å²) in [6, 6.07) is 33.9. The average molecular weight is 1070 g/mol. The van der Waals surface area contributed by atoms with E-state index in [1.54, 1.807) is 54.6 Å². The predicted octanol–water partition coefficient (Wildman–Crippen LogP) is 7.65. The van der Waals surface area contributed by atoms with Crippen LogP contribution in [0.2, 0.25) is 5.48 Å². The molecule has 0 saturated heterocycles. The van der Waals surface area contributed by atoms with Crippen molar-refractivity contribution in [2.24, 2.45) is 30.0 Å². The van der Waals surface area contributed by atoms with Gasteiger partial charge in [0.15, 0.2) is 0 Å². The number of benzene rings is 8. The number of aryl methyl sites for hydroxylation is 1. The predicted molar refractivity (Wildman–Crippen MR) is 272 cm³/mol. The zero-order valence-corrected chi connectivity index (χ0v) is 42.0. The van der Waals surface area contributed by atoms with Crippen molar-refractivity contribution in [2.75, 3.05) is 0 Å². The SMILES string of the molecule is Cc1cccc2cc3c(cc12)C1=Nc2c4cc5cccc(S(=O)(=O)OO)c5cc4c4[n]2[Ga]([CH3])[n]2c(c5cc6cccc(S(=O)(=O)O)c6cc5c2=NC3=N1)=NC1=NC(=N4)c2cc3cccc(S(=O)(=O)O)c3cc21. The van der Waals surface area contributed by atoms with Gasteiger partial charge in [0.25, 0.3) is 0 Å². The molecule has 3 N–H and O–H groups in total. The van der Waals surface area contributed by atoms with E-state index in [9.17, 15) is 39.6 Å². The Kier molecular flexibility index (Phi) is 8.75. The first-order chi connectivity index (χ1) is 34.4. The molecule has 0 aliphatic carbocycles. The van der Waals surface area contributed by atoms with Gasteiger partial charge in [0, 0.05) is 0 Å². The second-order valence-corrected chi connectivity index (χ2v) is 27.0. The van der Waals surface area contributed by atoms with Gasteiger partial charge in [0.05, 0.1) is 0 Å². The molecule has 0 spiro atoms. The van der Waals surface area contributed by atoms with Crippen LogP contribution in [0.1, 0.15) is 27.8 Å². The van der Waals surface area contributed by atoms with Crippen molar-refractivity contribution in [1.82, 2.24) is 6.55 Å². The molecule has 14 rings (SSSR count). The maximum absolute atomic E-state index is 13.3. The molecule has 0 fully saturated rings. The molecule has 0 unspecified atom stereocenters. The summed E-state index contributed by atoms with van der Waals surface area (Å²) in [7, 11) is -14.1. The number of hydrogen-bond donors (Lipinski definition) is 3. The third-order valence-corrected chi connectivity index (χ3v) is 22.1. The summed E-state index contributed by atoms with van der Waals surface area (Å²) < 4.78 is 107. The molecule has 6 heterocycles. The fourth-order valence-electron chi connectivity index (χ4n) is 10.7. The number of rotatable bonds is 4. The van der Waals surface area contributed by atoms with E-state index < -0.39 is 47.1 Å². The van der Waals surface area contributed by atoms with Crippen LogP contribution in [-0.2, 0) is 34.7 Å². The summed E-state index contributed by atoms with van der Waals surface area (Å²) in [6.07, 6.45) is 0. The number of fused-ring (bicyclic) bond motifs is 18. The summed E-state index contributed by atoms with van der Waals surface area (Å²) in [5.41, 5.74) is 5.99. The number of aromatic nitrogens is 2. The summed E-state index contributed by atoms with van der Waals surface area (Å²) in [5.74, 6) is 1.70. The van der Waals surface area contributed by atoms with E-state index in [0.29, 0.717) is 94.2 Å². The van der Waals surface area contributed by atoms with Crippen LogP contribution in [0.3, 0.4) is 0 Å². The molecule has 4 aliphatic rings. The van der Waals surface area contributed by atoms with Crippen LogP contribution in [0, 0.1) is 6.92 Å². The van der Waals surface area contributed by atoms with Crippen molar-refractivity contribution in [3.63, 3.8) is 0 Å². The van der Waals surface area contributed by atoms with Gasteiger partial charge in [0.1, 0.15) is 0 Å². The van der Waals surface area contributed by atoms with E-state index in [1.165, 1.54) is 36.4 Å². The number of aliphatic imine (C=N–C) groups is 4. The van der Waals surface area contributed by atoms with Gasteiger partial charge in [0.2, 0.25) is 0 Å². The van der Waals surface area contributed by atoms with Crippen LogP contribution < -0.4 is 11.0 Å². The fraction of sp³-hybridized carbons (Fsp3) is 0.0400. The van der Waals surface area contributed by atoms with Gasteiger partial charge < -0.3 is 0 Å². The molecule has 0 saturated carbocycles. The van der Waals surface area contributed by atoms with Gasteiger partial charge in [-0.1, -0.05) is 0 Å². The summed E-state index contributed by atoms with van der Waals surface area (Å²) in [4.78, 5) is 30.8. The quantitative estimate of drug-likeness (QED) is 0.0671. The molecule has 350 valence electrons. The molecule has 2 aromatic heterocycles. The van der Waals surface area contributed by atoms with Crippen molar-refractivity contribution in [3.8, 4) is 0 Å². The number of nitrogens with zero attached hydrogens (tertiary/aromatic N) is 8. The summed E-state index contributed by atoms with van der Waals surface area (Å²) >= 11 is -3.76. The number of hydrogen-bond acceptors (Lipinski definition) is 14. The Morgan fingerprint density at radius 1 is 0.444 bits per heavy atom. The van der Waals surface area contributed by atoms with Gasteiger partial charge in [-0.05, 0) is 0 Å². The van der Waals surface area contributed by atoms with Crippen molar-refractivity contribution < 1.29 is 43.9 Å². The van der Waals surface area contributed by atoms with E-state index in [0.717, 1.165) is 16.3 Å². The molecule has 0 atom stereocenters. The van der Waals surface area contributed by atoms with Crippen LogP contribution >= 0.6 is 0 Å². The van der Waals surface area contributed by atoms with Gasteiger partial charge in [-0.3, -0.25) is 0 Å². The van der Waals surface area contributed by atoms with Crippen molar-refractivity contribution in [3.05, 3.63) is 160 Å². The van der Waals surface area contributed by atoms with Crippen LogP contribution in [-0.4, -0.2) is 86.2 Å². The van der Waals surface area contributed by atoms with Crippen molar-refractivity contribution in [1.29, 1.82) is 0 Å². The Hall–Kier alpha value is -7.51. The van der Waals surface area contributed by atoms with E-state index in [2.05, 4.69) is 9.81 Å². The minimum atomic E-state index is -4.74. The average Bonchev–Trinajstić information content (AvgIpc) is 4.04. The molecular formula is C50H29GaN8O10S3. The standard InChI is InChI=1S/C49H26N8O10S3.CH3.Ga/c1-22-6-2-7-23-14-31-35(18-27(22)23)46-50-42(31)52-47-36-19-28-24(8-3-11-39(28)68(59,60)61)15-32(36)43(53-47)54-48-37-20-29-25(9-4-12-40(29)69(62,63)64)16-33(37)44(55-48)56-49-38-21-30-26(17-34(38)45(51-46)57-49)10-5-13-41(30)70(65,66)67-58;;/h2-21H,1H3,(H3-2,50,51,52,53,54,55,56,57,58,59,60,61,62,63,64);1H3;/q-2;;+2. The number of amidine groups is 4. The van der Waals surface area contributed by atoms with Gasteiger partial charge in [-0.2, -0.15) is 0 Å². The summed E-state index contributed by atoms with van der Waals surface area (Å²) in [5, 5.41) is 15.5. The topological polar surface area (TPSA) is 256 Å². The van der Waals surface area contributed by atoms with Crippen molar-refractivity contribution >= 4 is 147 Å². The van der Waals surface area contributed by atoms with Crippen molar-refractivity contribution in [2.45, 2.75) is 27.1 Å². The van der Waals surface area contributed by atoms with Crippen LogP contribution in [0.4, 0.5) is 11.6 Å². The molecule has 22 heteroatoms. The first kappa shape index (κ1) is 43.3. The molecule has 0 amide bonds. The molecule has 18 nitrogen and oxygen atoms in total. The van der Waals surface area contributed by atoms with Gasteiger partial charge in [-0.25, -0.2) is 0 Å². The van der Waals surface area contributed by atoms with Crippen LogP contribution in [0.5, 0.6) is 0 Å². The van der Waals surface area contributed by atoms with E-state index in [-0.39, 0.29) is 42.5 Å². The van der Waals surface area contributed by atoms with E-state index in [4.69, 9.17) is 30.0 Å². The Balaban J connectivity index is 1.23. The normalized spacial score (nSPS) is 15.1. The third-order valence-electron chi connectivity index (χ3n) is 14.0. The Labute approximate surface area is 411 Å². The zero-order chi connectivity index (χ0) is 49.5. The molecule has 10 aromatic rings. The molecule has 4 aliphatic heterocycles. The first-order valence-electron chi connectivity index (χ1n) is 22.1. The Bertz CT molecular complexity index is 4970. The molecule has 8 aromatic carbocycles. The van der Waals surface area contributed by atoms with E-state index in [1.807, 2.05) is 43.8 Å². The second-order valence-electron chi connectivity index (χ2n) is 17.9. The minimum absolute atomic E-state index is 0.130. The van der Waals surface area contributed by atoms with Crippen LogP contribution in [0.15, 0.2) is 166 Å². The van der Waals surface area contributed by atoms with Crippen LogP contribution in [0.25, 0.3) is 64.6 Å². The van der Waals surface area contributed by atoms with Gasteiger partial charge >= 0.3 is 414 Å². The van der Waals surface area contributed by atoms with Gasteiger partial charge in [-0.15, -0.1) is 0 Å². The molecule has 6 bridgehead atoms. The maximum atomic E-state index is 13.3.